The molecule has 0 spiro atoms. The van der Waals surface area contributed by atoms with Gasteiger partial charge in [-0.15, -0.1) is 0 Å². The standard InChI is InChI=1S/C14H20BrNO3/c1-3-4-13(14(17)18)19-11-5-6-12(15)10(8-11)7-9(2)16/h5-6,8-9,13H,3-4,7,16H2,1-2H3,(H,17,18). The van der Waals surface area contributed by atoms with E-state index in [0.717, 1.165) is 16.5 Å². The Bertz CT molecular complexity index is 435. The van der Waals surface area contributed by atoms with E-state index >= 15 is 0 Å². The fourth-order valence-corrected chi connectivity index (χ4v) is 2.20. The Morgan fingerprint density at radius 2 is 2.21 bits per heavy atom. The number of aliphatic carboxylic acids is 1. The maximum Gasteiger partial charge on any atom is 0.344 e. The molecule has 2 atom stereocenters. The maximum atomic E-state index is 11.1. The number of halogens is 1. The van der Waals surface area contributed by atoms with Gasteiger partial charge in [0.1, 0.15) is 5.75 Å². The Morgan fingerprint density at radius 1 is 1.53 bits per heavy atom. The molecule has 0 aliphatic rings. The summed E-state index contributed by atoms with van der Waals surface area (Å²) in [5.74, 6) is -0.363. The van der Waals surface area contributed by atoms with Crippen molar-refractivity contribution in [2.24, 2.45) is 5.73 Å². The van der Waals surface area contributed by atoms with Crippen LogP contribution in [0.3, 0.4) is 0 Å². The molecule has 0 amide bonds. The third kappa shape index (κ3) is 5.20. The topological polar surface area (TPSA) is 72.5 Å². The van der Waals surface area contributed by atoms with Crippen LogP contribution in [0.15, 0.2) is 22.7 Å². The number of ether oxygens (including phenoxy) is 1. The normalized spacial score (nSPS) is 13.9. The van der Waals surface area contributed by atoms with Gasteiger partial charge in [0.25, 0.3) is 0 Å². The van der Waals surface area contributed by atoms with Gasteiger partial charge in [-0.25, -0.2) is 4.79 Å². The van der Waals surface area contributed by atoms with Crippen LogP contribution in [-0.2, 0) is 11.2 Å². The third-order valence-corrected chi connectivity index (χ3v) is 3.44. The number of nitrogens with two attached hydrogens (primary N) is 1. The molecule has 0 saturated carbocycles. The largest absolute Gasteiger partial charge is 0.479 e. The number of carboxylic acids is 1. The SMILES string of the molecule is CCCC(Oc1ccc(Br)c(CC(C)N)c1)C(=O)O. The molecule has 0 aliphatic carbocycles. The molecule has 3 N–H and O–H groups in total. The van der Waals surface area contributed by atoms with E-state index in [4.69, 9.17) is 15.6 Å². The Balaban J connectivity index is 2.85. The number of benzene rings is 1. The van der Waals surface area contributed by atoms with Crippen molar-refractivity contribution in [3.63, 3.8) is 0 Å². The first-order chi connectivity index (χ1) is 8.93. The van der Waals surface area contributed by atoms with Gasteiger partial charge in [0.15, 0.2) is 6.10 Å². The van der Waals surface area contributed by atoms with Crippen molar-refractivity contribution in [1.29, 1.82) is 0 Å². The van der Waals surface area contributed by atoms with Crippen LogP contribution < -0.4 is 10.5 Å². The summed E-state index contributed by atoms with van der Waals surface area (Å²) >= 11 is 3.46. The number of carboxylic acid groups (broad SMARTS) is 1. The van der Waals surface area contributed by atoms with Crippen LogP contribution in [0.25, 0.3) is 0 Å². The lowest BCUT2D eigenvalue weighted by molar-refractivity contribution is -0.145. The van der Waals surface area contributed by atoms with Gasteiger partial charge in [0, 0.05) is 10.5 Å². The Morgan fingerprint density at radius 3 is 2.74 bits per heavy atom. The van der Waals surface area contributed by atoms with Crippen molar-refractivity contribution in [2.75, 3.05) is 0 Å². The lowest BCUT2D eigenvalue weighted by Crippen LogP contribution is -2.26. The van der Waals surface area contributed by atoms with Crippen molar-refractivity contribution in [3.8, 4) is 5.75 Å². The first kappa shape index (κ1) is 16.0. The number of hydrogen-bond acceptors (Lipinski definition) is 3. The highest BCUT2D eigenvalue weighted by Gasteiger charge is 2.18. The van der Waals surface area contributed by atoms with Crippen LogP contribution in [0.2, 0.25) is 0 Å². The summed E-state index contributed by atoms with van der Waals surface area (Å²) in [7, 11) is 0. The average Bonchev–Trinajstić information content (AvgIpc) is 2.32. The van der Waals surface area contributed by atoms with Gasteiger partial charge in [-0.05, 0) is 43.5 Å². The van der Waals surface area contributed by atoms with E-state index in [9.17, 15) is 4.79 Å². The molecular formula is C14H20BrNO3. The van der Waals surface area contributed by atoms with Gasteiger partial charge < -0.3 is 15.6 Å². The zero-order valence-electron chi connectivity index (χ0n) is 11.2. The highest BCUT2D eigenvalue weighted by atomic mass is 79.9. The second kappa shape index (κ2) is 7.50. The van der Waals surface area contributed by atoms with Crippen LogP contribution in [0.5, 0.6) is 5.75 Å². The van der Waals surface area contributed by atoms with Gasteiger partial charge in [-0.2, -0.15) is 0 Å². The molecule has 5 heteroatoms. The minimum absolute atomic E-state index is 0.0393. The zero-order chi connectivity index (χ0) is 14.4. The number of carbonyl (C=O) groups is 1. The zero-order valence-corrected chi connectivity index (χ0v) is 12.8. The number of rotatable bonds is 7. The fraction of sp³-hybridized carbons (Fsp3) is 0.500. The van der Waals surface area contributed by atoms with Crippen molar-refractivity contribution in [1.82, 2.24) is 0 Å². The van der Waals surface area contributed by atoms with Crippen molar-refractivity contribution < 1.29 is 14.6 Å². The van der Waals surface area contributed by atoms with Gasteiger partial charge in [0.05, 0.1) is 0 Å². The van der Waals surface area contributed by atoms with Gasteiger partial charge >= 0.3 is 5.97 Å². The molecule has 19 heavy (non-hydrogen) atoms. The van der Waals surface area contributed by atoms with E-state index in [1.165, 1.54) is 0 Å². The van der Waals surface area contributed by atoms with Crippen molar-refractivity contribution in [3.05, 3.63) is 28.2 Å². The van der Waals surface area contributed by atoms with E-state index < -0.39 is 12.1 Å². The van der Waals surface area contributed by atoms with Gasteiger partial charge in [-0.1, -0.05) is 29.3 Å². The Kier molecular flexibility index (Phi) is 6.31. The summed E-state index contributed by atoms with van der Waals surface area (Å²) in [5.41, 5.74) is 6.81. The van der Waals surface area contributed by atoms with Crippen LogP contribution in [0, 0.1) is 0 Å². The molecule has 0 heterocycles. The smallest absolute Gasteiger partial charge is 0.344 e. The van der Waals surface area contributed by atoms with E-state index in [1.807, 2.05) is 26.0 Å². The first-order valence-corrected chi connectivity index (χ1v) is 7.16. The predicted octanol–water partition coefficient (Wildman–Crippen LogP) is 2.97. The summed E-state index contributed by atoms with van der Waals surface area (Å²) in [5, 5.41) is 9.08. The summed E-state index contributed by atoms with van der Waals surface area (Å²) < 4.78 is 6.49. The fourth-order valence-electron chi connectivity index (χ4n) is 1.79. The van der Waals surface area contributed by atoms with Crippen LogP contribution in [-0.4, -0.2) is 23.2 Å². The molecule has 0 aliphatic heterocycles. The van der Waals surface area contributed by atoms with Crippen LogP contribution in [0.4, 0.5) is 0 Å². The van der Waals surface area contributed by atoms with Crippen LogP contribution >= 0.6 is 15.9 Å². The molecule has 0 saturated heterocycles. The van der Waals surface area contributed by atoms with Crippen molar-refractivity contribution >= 4 is 21.9 Å². The lowest BCUT2D eigenvalue weighted by Gasteiger charge is -2.16. The molecule has 1 rings (SSSR count). The molecule has 1 aromatic rings. The van der Waals surface area contributed by atoms with E-state index in [1.54, 1.807) is 6.07 Å². The minimum atomic E-state index is -0.932. The molecule has 106 valence electrons. The second-order valence-electron chi connectivity index (χ2n) is 4.67. The molecule has 4 nitrogen and oxygen atoms in total. The highest BCUT2D eigenvalue weighted by Crippen LogP contribution is 2.25. The molecule has 0 radical (unpaired) electrons. The van der Waals surface area contributed by atoms with E-state index in [2.05, 4.69) is 15.9 Å². The monoisotopic (exact) mass is 329 g/mol. The van der Waals surface area contributed by atoms with Crippen LogP contribution in [0.1, 0.15) is 32.3 Å². The Hall–Kier alpha value is -1.07. The molecule has 1 aromatic carbocycles. The van der Waals surface area contributed by atoms with Gasteiger partial charge in [-0.3, -0.25) is 0 Å². The molecule has 2 unspecified atom stereocenters. The molecule has 0 aromatic heterocycles. The summed E-state index contributed by atoms with van der Waals surface area (Å²) in [6, 6.07) is 5.51. The first-order valence-electron chi connectivity index (χ1n) is 6.37. The second-order valence-corrected chi connectivity index (χ2v) is 5.52. The predicted molar refractivity (Wildman–Crippen MR) is 78.5 cm³/mol. The number of hydrogen-bond donors (Lipinski definition) is 2. The maximum absolute atomic E-state index is 11.1. The molecule has 0 bridgehead atoms. The summed E-state index contributed by atoms with van der Waals surface area (Å²) in [4.78, 5) is 11.1. The summed E-state index contributed by atoms with van der Waals surface area (Å²) in [6.07, 6.45) is 1.17. The Labute approximate surface area is 122 Å². The molecule has 0 fully saturated rings. The third-order valence-electron chi connectivity index (χ3n) is 2.66. The van der Waals surface area contributed by atoms with Gasteiger partial charge in [0.2, 0.25) is 0 Å². The van der Waals surface area contributed by atoms with E-state index in [-0.39, 0.29) is 6.04 Å². The van der Waals surface area contributed by atoms with E-state index in [0.29, 0.717) is 18.6 Å². The lowest BCUT2D eigenvalue weighted by atomic mass is 10.1. The highest BCUT2D eigenvalue weighted by molar-refractivity contribution is 9.10. The quantitative estimate of drug-likeness (QED) is 0.806. The summed E-state index contributed by atoms with van der Waals surface area (Å²) in [6.45, 7) is 3.86. The van der Waals surface area contributed by atoms with Crippen molar-refractivity contribution in [2.45, 2.75) is 45.3 Å². The minimum Gasteiger partial charge on any atom is -0.479 e. The average molecular weight is 330 g/mol. The molecular weight excluding hydrogens is 310 g/mol.